The molecule has 0 bridgehead atoms. The summed E-state index contributed by atoms with van der Waals surface area (Å²) < 4.78 is 46.5. The molecule has 0 fully saturated rings. The third-order valence-electron chi connectivity index (χ3n) is 10.6. The maximum Gasteiger partial charge on any atom is 0.143 e. The van der Waals surface area contributed by atoms with E-state index >= 15 is 0 Å². The van der Waals surface area contributed by atoms with Gasteiger partial charge in [-0.05, 0) is 100 Å². The molecule has 0 radical (unpaired) electrons. The summed E-state index contributed by atoms with van der Waals surface area (Å²) in [5.41, 5.74) is 9.27. The van der Waals surface area contributed by atoms with Crippen molar-refractivity contribution in [3.63, 3.8) is 0 Å². The zero-order valence-corrected chi connectivity index (χ0v) is 29.6. The standard InChI is InChI=1S/C52H34N2O/c1-3-12-35(13-4-1)36-22-28-41(29-23-36)53(49-20-11-21-50-51(49)45-32-26-38-14-7-8-17-43(38)52(45)55-50)42-30-24-37(25-31-42)39-27-33-48-46(34-39)44-18-9-10-19-47(44)54(48)40-15-5-2-6-16-40/h1-34H/i22D,23D,28D,29D. The number of hydrogen-bond donors (Lipinski definition) is 0. The zero-order valence-electron chi connectivity index (χ0n) is 33.6. The molecule has 0 spiro atoms. The summed E-state index contributed by atoms with van der Waals surface area (Å²) in [7, 11) is 0. The number of rotatable bonds is 6. The minimum absolute atomic E-state index is 0.105. The molecule has 0 unspecified atom stereocenters. The normalized spacial score (nSPS) is 12.7. The van der Waals surface area contributed by atoms with E-state index in [-0.39, 0.29) is 35.4 Å². The fourth-order valence-electron chi connectivity index (χ4n) is 8.09. The van der Waals surface area contributed by atoms with E-state index in [0.29, 0.717) is 22.5 Å². The summed E-state index contributed by atoms with van der Waals surface area (Å²) in [4.78, 5) is 1.86. The Labute approximate surface area is 324 Å². The van der Waals surface area contributed by atoms with Crippen LogP contribution in [0.2, 0.25) is 0 Å². The Morgan fingerprint density at radius 2 is 1.11 bits per heavy atom. The van der Waals surface area contributed by atoms with Gasteiger partial charge >= 0.3 is 0 Å². The van der Waals surface area contributed by atoms with E-state index in [2.05, 4.69) is 108 Å². The van der Waals surface area contributed by atoms with Gasteiger partial charge in [-0.1, -0.05) is 133 Å². The maximum atomic E-state index is 9.52. The average Bonchev–Trinajstić information content (AvgIpc) is 3.84. The highest BCUT2D eigenvalue weighted by Crippen LogP contribution is 2.45. The molecule has 258 valence electrons. The van der Waals surface area contributed by atoms with Crippen molar-refractivity contribution < 1.29 is 9.90 Å². The molecular formula is C52H34N2O. The van der Waals surface area contributed by atoms with Crippen LogP contribution in [0, 0.1) is 0 Å². The van der Waals surface area contributed by atoms with Crippen LogP contribution in [-0.4, -0.2) is 4.57 Å². The van der Waals surface area contributed by atoms with Crippen LogP contribution in [0.25, 0.3) is 82.5 Å². The molecule has 11 aromatic rings. The van der Waals surface area contributed by atoms with Gasteiger partial charge in [0.2, 0.25) is 0 Å². The monoisotopic (exact) mass is 706 g/mol. The Balaban J connectivity index is 1.11. The van der Waals surface area contributed by atoms with Gasteiger partial charge in [0.15, 0.2) is 0 Å². The molecule has 2 heterocycles. The van der Waals surface area contributed by atoms with Crippen LogP contribution in [0.15, 0.2) is 211 Å². The summed E-state index contributed by atoms with van der Waals surface area (Å²) >= 11 is 0. The first-order chi connectivity index (χ1) is 29.0. The number of fused-ring (bicyclic) bond motifs is 8. The summed E-state index contributed by atoms with van der Waals surface area (Å²) in [6, 6.07) is 60.5. The van der Waals surface area contributed by atoms with Gasteiger partial charge in [0.25, 0.3) is 0 Å². The first-order valence-electron chi connectivity index (χ1n) is 20.4. The highest BCUT2D eigenvalue weighted by molar-refractivity contribution is 6.19. The predicted octanol–water partition coefficient (Wildman–Crippen LogP) is 14.6. The Kier molecular flexibility index (Phi) is 6.27. The van der Waals surface area contributed by atoms with Crippen molar-refractivity contribution >= 4 is 71.6 Å². The second-order valence-corrected chi connectivity index (χ2v) is 13.8. The fourth-order valence-corrected chi connectivity index (χ4v) is 8.09. The third kappa shape index (κ3) is 5.13. The molecule has 3 nitrogen and oxygen atoms in total. The molecule has 11 rings (SSSR count). The largest absolute Gasteiger partial charge is 0.455 e. The molecule has 0 N–H and O–H groups in total. The van der Waals surface area contributed by atoms with Gasteiger partial charge < -0.3 is 13.9 Å². The number of para-hydroxylation sites is 2. The molecule has 0 aliphatic rings. The smallest absolute Gasteiger partial charge is 0.143 e. The van der Waals surface area contributed by atoms with Crippen LogP contribution in [-0.2, 0) is 0 Å². The molecule has 2 aromatic heterocycles. The van der Waals surface area contributed by atoms with Gasteiger partial charge in [-0.3, -0.25) is 0 Å². The van der Waals surface area contributed by atoms with E-state index in [1.807, 2.05) is 83.8 Å². The molecule has 0 aliphatic carbocycles. The number of anilines is 3. The van der Waals surface area contributed by atoms with Crippen molar-refractivity contribution in [3.05, 3.63) is 206 Å². The molecule has 0 saturated carbocycles. The first kappa shape index (κ1) is 27.3. The molecular weight excluding hydrogens is 669 g/mol. The lowest BCUT2D eigenvalue weighted by molar-refractivity contribution is 0.672. The van der Waals surface area contributed by atoms with E-state index in [4.69, 9.17) is 4.42 Å². The van der Waals surface area contributed by atoms with Crippen molar-refractivity contribution in [2.45, 2.75) is 0 Å². The molecule has 55 heavy (non-hydrogen) atoms. The summed E-state index contributed by atoms with van der Waals surface area (Å²) in [5.74, 6) is 0. The minimum atomic E-state index is -0.135. The van der Waals surface area contributed by atoms with Crippen LogP contribution in [0.1, 0.15) is 5.48 Å². The van der Waals surface area contributed by atoms with Gasteiger partial charge in [-0.2, -0.15) is 0 Å². The second-order valence-electron chi connectivity index (χ2n) is 13.8. The highest BCUT2D eigenvalue weighted by atomic mass is 16.3. The summed E-state index contributed by atoms with van der Waals surface area (Å²) in [6.07, 6.45) is 0. The lowest BCUT2D eigenvalue weighted by Crippen LogP contribution is -2.10. The lowest BCUT2D eigenvalue weighted by Gasteiger charge is -2.26. The maximum absolute atomic E-state index is 9.52. The lowest BCUT2D eigenvalue weighted by atomic mass is 10.0. The van der Waals surface area contributed by atoms with E-state index < -0.39 is 0 Å². The second kappa shape index (κ2) is 12.6. The van der Waals surface area contributed by atoms with Gasteiger partial charge in [-0.25, -0.2) is 0 Å². The van der Waals surface area contributed by atoms with Crippen molar-refractivity contribution in [2.24, 2.45) is 0 Å². The van der Waals surface area contributed by atoms with Crippen molar-refractivity contribution in [3.8, 4) is 27.9 Å². The number of aromatic nitrogens is 1. The van der Waals surface area contributed by atoms with Crippen molar-refractivity contribution in [2.75, 3.05) is 4.90 Å². The van der Waals surface area contributed by atoms with E-state index in [0.717, 1.165) is 60.4 Å². The number of hydrogen-bond acceptors (Lipinski definition) is 2. The topological polar surface area (TPSA) is 21.3 Å². The highest BCUT2D eigenvalue weighted by Gasteiger charge is 2.21. The Hall–Kier alpha value is -7.36. The Morgan fingerprint density at radius 3 is 1.93 bits per heavy atom. The number of nitrogens with zero attached hydrogens (tertiary/aromatic N) is 2. The molecule has 0 amide bonds. The first-order valence-corrected chi connectivity index (χ1v) is 18.4. The van der Waals surface area contributed by atoms with Crippen LogP contribution < -0.4 is 4.90 Å². The summed E-state index contributed by atoms with van der Waals surface area (Å²) in [5, 5.41) is 6.10. The fraction of sp³-hybridized carbons (Fsp3) is 0. The quantitative estimate of drug-likeness (QED) is 0.172. The zero-order chi connectivity index (χ0) is 39.8. The van der Waals surface area contributed by atoms with Crippen LogP contribution in [0.5, 0.6) is 0 Å². The van der Waals surface area contributed by atoms with E-state index in [9.17, 15) is 5.48 Å². The molecule has 0 atom stereocenters. The van der Waals surface area contributed by atoms with Crippen molar-refractivity contribution in [1.29, 1.82) is 0 Å². The third-order valence-corrected chi connectivity index (χ3v) is 10.6. The Morgan fingerprint density at radius 1 is 0.436 bits per heavy atom. The summed E-state index contributed by atoms with van der Waals surface area (Å²) in [6.45, 7) is 0. The van der Waals surface area contributed by atoms with Gasteiger partial charge in [-0.15, -0.1) is 0 Å². The number of benzene rings is 9. The van der Waals surface area contributed by atoms with Crippen LogP contribution in [0.4, 0.5) is 17.1 Å². The molecule has 0 aliphatic heterocycles. The molecule has 3 heteroatoms. The number of furan rings is 1. The SMILES string of the molecule is [2H]c1c([2H])c(N(c2ccc(-c3ccc4c(c3)c3ccccc3n4-c3ccccc3)cc2)c2cccc3oc4c5ccccc5ccc4c23)c([2H])c([2H])c1-c1ccccc1. The predicted molar refractivity (Wildman–Crippen MR) is 231 cm³/mol. The van der Waals surface area contributed by atoms with Crippen molar-refractivity contribution in [1.82, 2.24) is 4.57 Å². The van der Waals surface area contributed by atoms with Gasteiger partial charge in [0.05, 0.1) is 27.6 Å². The molecule has 9 aromatic carbocycles. The van der Waals surface area contributed by atoms with Gasteiger partial charge in [0, 0.05) is 38.6 Å². The van der Waals surface area contributed by atoms with Crippen LogP contribution in [0.3, 0.4) is 0 Å². The van der Waals surface area contributed by atoms with E-state index in [1.165, 1.54) is 5.39 Å². The minimum Gasteiger partial charge on any atom is -0.455 e. The van der Waals surface area contributed by atoms with Gasteiger partial charge in [0.1, 0.15) is 11.2 Å². The van der Waals surface area contributed by atoms with Crippen LogP contribution >= 0.6 is 0 Å². The molecule has 0 saturated heterocycles. The van der Waals surface area contributed by atoms with E-state index in [1.54, 1.807) is 0 Å². The Bertz CT molecular complexity index is 3400. The average molecular weight is 707 g/mol.